The van der Waals surface area contributed by atoms with Crippen LogP contribution < -0.4 is 5.32 Å². The lowest BCUT2D eigenvalue weighted by Gasteiger charge is -2.19. The van der Waals surface area contributed by atoms with E-state index in [2.05, 4.69) is 31.1 Å². The molecule has 0 bridgehead atoms. The SMILES string of the molecule is CC(OC(=O)c1ncc(Cl)c(Cl)c1Cl)C(=O)Nc1ccc(C(C)(C)C)cc1. The second-order valence-corrected chi connectivity index (χ2v) is 8.11. The van der Waals surface area contributed by atoms with Gasteiger partial charge in [-0.3, -0.25) is 4.79 Å². The van der Waals surface area contributed by atoms with Gasteiger partial charge in [0.15, 0.2) is 11.8 Å². The molecule has 27 heavy (non-hydrogen) atoms. The van der Waals surface area contributed by atoms with Crippen molar-refractivity contribution in [2.45, 2.75) is 39.2 Å². The molecule has 0 saturated carbocycles. The summed E-state index contributed by atoms with van der Waals surface area (Å²) >= 11 is 17.6. The predicted molar refractivity (Wildman–Crippen MR) is 108 cm³/mol. The van der Waals surface area contributed by atoms with Crippen molar-refractivity contribution in [1.82, 2.24) is 4.98 Å². The van der Waals surface area contributed by atoms with Gasteiger partial charge in [-0.15, -0.1) is 0 Å². The summed E-state index contributed by atoms with van der Waals surface area (Å²) in [5.41, 5.74) is 1.54. The Morgan fingerprint density at radius 3 is 2.22 bits per heavy atom. The first kappa shape index (κ1) is 21.5. The molecule has 0 radical (unpaired) electrons. The highest BCUT2D eigenvalue weighted by atomic mass is 35.5. The Balaban J connectivity index is 2.03. The second kappa shape index (κ2) is 8.46. The molecule has 0 spiro atoms. The fraction of sp³-hybridized carbons (Fsp3) is 0.316. The summed E-state index contributed by atoms with van der Waals surface area (Å²) in [5.74, 6) is -1.35. The number of amides is 1. The number of aromatic nitrogens is 1. The molecule has 0 aliphatic rings. The third kappa shape index (κ3) is 5.34. The van der Waals surface area contributed by atoms with Crippen LogP contribution in [-0.4, -0.2) is 23.0 Å². The number of pyridine rings is 1. The van der Waals surface area contributed by atoms with Crippen molar-refractivity contribution < 1.29 is 14.3 Å². The summed E-state index contributed by atoms with van der Waals surface area (Å²) in [6.07, 6.45) is 0.126. The molecule has 1 aromatic carbocycles. The van der Waals surface area contributed by atoms with E-state index in [0.29, 0.717) is 5.69 Å². The smallest absolute Gasteiger partial charge is 0.359 e. The maximum absolute atomic E-state index is 12.3. The highest BCUT2D eigenvalue weighted by Crippen LogP contribution is 2.31. The highest BCUT2D eigenvalue weighted by Gasteiger charge is 2.24. The number of hydrogen-bond donors (Lipinski definition) is 1. The van der Waals surface area contributed by atoms with Crippen LogP contribution in [0.3, 0.4) is 0 Å². The Morgan fingerprint density at radius 2 is 1.67 bits per heavy atom. The normalized spacial score (nSPS) is 12.4. The topological polar surface area (TPSA) is 68.3 Å². The molecular formula is C19H19Cl3N2O3. The predicted octanol–water partition coefficient (Wildman–Crippen LogP) is 5.52. The van der Waals surface area contributed by atoms with Crippen molar-refractivity contribution >= 4 is 52.4 Å². The molecule has 1 unspecified atom stereocenters. The molecule has 144 valence electrons. The fourth-order valence-corrected chi connectivity index (χ4v) is 2.71. The Morgan fingerprint density at radius 1 is 1.07 bits per heavy atom. The third-order valence-corrected chi connectivity index (χ3v) is 5.02. The van der Waals surface area contributed by atoms with Crippen molar-refractivity contribution in [3.63, 3.8) is 0 Å². The van der Waals surface area contributed by atoms with Crippen LogP contribution in [0.15, 0.2) is 30.5 Å². The number of halogens is 3. The summed E-state index contributed by atoms with van der Waals surface area (Å²) in [6.45, 7) is 7.75. The van der Waals surface area contributed by atoms with E-state index in [4.69, 9.17) is 39.5 Å². The minimum absolute atomic E-state index is 0.00340. The first-order chi connectivity index (χ1) is 12.5. The zero-order valence-electron chi connectivity index (χ0n) is 15.3. The van der Waals surface area contributed by atoms with Crippen molar-refractivity contribution in [2.24, 2.45) is 0 Å². The molecule has 8 heteroatoms. The number of nitrogens with one attached hydrogen (secondary N) is 1. The van der Waals surface area contributed by atoms with Gasteiger partial charge in [-0.05, 0) is 30.0 Å². The van der Waals surface area contributed by atoms with Crippen molar-refractivity contribution in [1.29, 1.82) is 0 Å². The van der Waals surface area contributed by atoms with Gasteiger partial charge >= 0.3 is 5.97 Å². The van der Waals surface area contributed by atoms with E-state index < -0.39 is 18.0 Å². The van der Waals surface area contributed by atoms with Crippen LogP contribution in [0.4, 0.5) is 5.69 Å². The molecule has 1 atom stereocenters. The average Bonchev–Trinajstić information content (AvgIpc) is 2.59. The van der Waals surface area contributed by atoms with E-state index in [9.17, 15) is 9.59 Å². The molecule has 1 heterocycles. The maximum atomic E-state index is 12.3. The van der Waals surface area contributed by atoms with Crippen LogP contribution in [0.2, 0.25) is 15.1 Å². The number of benzene rings is 1. The zero-order valence-corrected chi connectivity index (χ0v) is 17.5. The number of hydrogen-bond acceptors (Lipinski definition) is 4. The zero-order chi connectivity index (χ0) is 20.4. The summed E-state index contributed by atoms with van der Waals surface area (Å²) in [7, 11) is 0. The van der Waals surface area contributed by atoms with Crippen LogP contribution >= 0.6 is 34.8 Å². The Kier molecular flexibility index (Phi) is 6.73. The number of carbonyl (C=O) groups is 2. The molecule has 0 aliphatic heterocycles. The molecule has 2 rings (SSSR count). The van der Waals surface area contributed by atoms with Crippen molar-refractivity contribution in [3.05, 3.63) is 56.8 Å². The Hall–Kier alpha value is -1.82. The average molecular weight is 430 g/mol. The number of anilines is 1. The van der Waals surface area contributed by atoms with Gasteiger partial charge in [0, 0.05) is 11.9 Å². The van der Waals surface area contributed by atoms with Crippen LogP contribution in [0.5, 0.6) is 0 Å². The summed E-state index contributed by atoms with van der Waals surface area (Å²) in [4.78, 5) is 28.3. The highest BCUT2D eigenvalue weighted by molar-refractivity contribution is 6.48. The molecule has 0 saturated heterocycles. The van der Waals surface area contributed by atoms with E-state index in [1.54, 1.807) is 12.1 Å². The van der Waals surface area contributed by atoms with Gasteiger partial charge in [0.05, 0.1) is 15.1 Å². The first-order valence-electron chi connectivity index (χ1n) is 8.12. The molecule has 1 aromatic heterocycles. The van der Waals surface area contributed by atoms with Gasteiger partial charge < -0.3 is 10.1 Å². The summed E-state index contributed by atoms with van der Waals surface area (Å²) in [5, 5.41) is 2.68. The molecular weight excluding hydrogens is 411 g/mol. The quantitative estimate of drug-likeness (QED) is 0.649. The number of esters is 1. The summed E-state index contributed by atoms with van der Waals surface area (Å²) in [6, 6.07) is 7.46. The largest absolute Gasteiger partial charge is 0.448 e. The van der Waals surface area contributed by atoms with Gasteiger partial charge in [0.2, 0.25) is 0 Å². The van der Waals surface area contributed by atoms with E-state index >= 15 is 0 Å². The van der Waals surface area contributed by atoms with E-state index in [-0.39, 0.29) is 26.2 Å². The standard InChI is InChI=1S/C19H19Cl3N2O3/c1-10(27-18(26)16-15(22)14(21)13(20)9-23-16)17(25)24-12-7-5-11(6-8-12)19(2,3)4/h5-10H,1-4H3,(H,24,25). The lowest BCUT2D eigenvalue weighted by atomic mass is 9.87. The number of nitrogens with zero attached hydrogens (tertiary/aromatic N) is 1. The van der Waals surface area contributed by atoms with Gasteiger partial charge in [-0.25, -0.2) is 9.78 Å². The van der Waals surface area contributed by atoms with E-state index in [0.717, 1.165) is 5.56 Å². The molecule has 1 amide bonds. The van der Waals surface area contributed by atoms with E-state index in [1.807, 2.05) is 12.1 Å². The third-order valence-electron chi connectivity index (χ3n) is 3.78. The second-order valence-electron chi connectivity index (χ2n) is 6.95. The van der Waals surface area contributed by atoms with Crippen molar-refractivity contribution in [2.75, 3.05) is 5.32 Å². The number of ether oxygens (including phenoxy) is 1. The lowest BCUT2D eigenvalue weighted by Crippen LogP contribution is -2.30. The fourth-order valence-electron chi connectivity index (χ4n) is 2.15. The molecule has 5 nitrogen and oxygen atoms in total. The Bertz CT molecular complexity index is 862. The van der Waals surface area contributed by atoms with Gasteiger partial charge in [0.1, 0.15) is 0 Å². The van der Waals surface area contributed by atoms with Crippen molar-refractivity contribution in [3.8, 4) is 0 Å². The Labute approximate surface area is 173 Å². The van der Waals surface area contributed by atoms with Crippen LogP contribution in [0.1, 0.15) is 43.7 Å². The van der Waals surface area contributed by atoms with Crippen LogP contribution in [-0.2, 0) is 14.9 Å². The molecule has 2 aromatic rings. The van der Waals surface area contributed by atoms with Crippen LogP contribution in [0.25, 0.3) is 0 Å². The summed E-state index contributed by atoms with van der Waals surface area (Å²) < 4.78 is 5.12. The van der Waals surface area contributed by atoms with E-state index in [1.165, 1.54) is 13.1 Å². The minimum atomic E-state index is -1.06. The minimum Gasteiger partial charge on any atom is -0.448 e. The molecule has 0 fully saturated rings. The monoisotopic (exact) mass is 428 g/mol. The van der Waals surface area contributed by atoms with Gasteiger partial charge in [-0.1, -0.05) is 67.7 Å². The lowest BCUT2D eigenvalue weighted by molar-refractivity contribution is -0.123. The maximum Gasteiger partial charge on any atom is 0.359 e. The molecule has 0 aliphatic carbocycles. The first-order valence-corrected chi connectivity index (χ1v) is 9.26. The van der Waals surface area contributed by atoms with Gasteiger partial charge in [-0.2, -0.15) is 0 Å². The van der Waals surface area contributed by atoms with Crippen LogP contribution in [0, 0.1) is 0 Å². The number of carbonyl (C=O) groups excluding carboxylic acids is 2. The van der Waals surface area contributed by atoms with Gasteiger partial charge in [0.25, 0.3) is 5.91 Å². The number of rotatable bonds is 4. The molecule has 1 N–H and O–H groups in total.